The van der Waals surface area contributed by atoms with Gasteiger partial charge in [-0.2, -0.15) is 4.98 Å². The van der Waals surface area contributed by atoms with E-state index in [0.717, 1.165) is 37.6 Å². The van der Waals surface area contributed by atoms with Crippen LogP contribution in [0.4, 0.5) is 13.2 Å². The Balaban J connectivity index is 1.19. The van der Waals surface area contributed by atoms with Crippen molar-refractivity contribution in [3.8, 4) is 11.4 Å². The monoisotopic (exact) mass is 444 g/mol. The average Bonchev–Trinajstić information content (AvgIpc) is 3.26. The Morgan fingerprint density at radius 1 is 1.06 bits per heavy atom. The molecule has 1 N–H and O–H groups in total. The predicted octanol–water partition coefficient (Wildman–Crippen LogP) is 3.87. The number of amides is 1. The molecule has 0 saturated carbocycles. The molecule has 0 radical (unpaired) electrons. The van der Waals surface area contributed by atoms with E-state index in [2.05, 4.69) is 20.4 Å². The SMILES string of the molecule is O=C(CCc1nc(-c2ccc(F)cc2)no1)NC1CCN(Cc2ccc(F)c(F)c2)CC1. The molecule has 1 fully saturated rings. The number of nitrogens with zero attached hydrogens (tertiary/aromatic N) is 3. The summed E-state index contributed by atoms with van der Waals surface area (Å²) in [6, 6.07) is 9.80. The summed E-state index contributed by atoms with van der Waals surface area (Å²) < 4.78 is 44.6. The molecule has 1 aliphatic heterocycles. The van der Waals surface area contributed by atoms with Gasteiger partial charge in [-0.1, -0.05) is 11.2 Å². The number of aromatic nitrogens is 2. The summed E-state index contributed by atoms with van der Waals surface area (Å²) in [5, 5.41) is 6.90. The molecule has 2 heterocycles. The van der Waals surface area contributed by atoms with E-state index in [-0.39, 0.29) is 24.2 Å². The number of carbonyl (C=O) groups is 1. The summed E-state index contributed by atoms with van der Waals surface area (Å²) in [5.41, 5.74) is 1.37. The molecule has 0 aliphatic carbocycles. The van der Waals surface area contributed by atoms with Crippen molar-refractivity contribution in [1.82, 2.24) is 20.4 Å². The van der Waals surface area contributed by atoms with E-state index in [9.17, 15) is 18.0 Å². The fraction of sp³-hybridized carbons (Fsp3) is 0.348. The van der Waals surface area contributed by atoms with Crippen LogP contribution in [-0.4, -0.2) is 40.1 Å². The van der Waals surface area contributed by atoms with Crippen LogP contribution in [0.1, 0.15) is 30.7 Å². The van der Waals surface area contributed by atoms with E-state index in [1.54, 1.807) is 18.2 Å². The van der Waals surface area contributed by atoms with Crippen molar-refractivity contribution < 1.29 is 22.5 Å². The average molecular weight is 444 g/mol. The van der Waals surface area contributed by atoms with Crippen molar-refractivity contribution in [2.24, 2.45) is 0 Å². The molecule has 0 atom stereocenters. The van der Waals surface area contributed by atoms with Crippen molar-refractivity contribution in [2.75, 3.05) is 13.1 Å². The molecule has 0 bridgehead atoms. The van der Waals surface area contributed by atoms with Gasteiger partial charge in [0.15, 0.2) is 11.6 Å². The summed E-state index contributed by atoms with van der Waals surface area (Å²) in [7, 11) is 0. The van der Waals surface area contributed by atoms with Crippen LogP contribution in [0, 0.1) is 17.5 Å². The zero-order chi connectivity index (χ0) is 22.5. The van der Waals surface area contributed by atoms with Crippen molar-refractivity contribution in [1.29, 1.82) is 0 Å². The molecule has 1 aromatic heterocycles. The van der Waals surface area contributed by atoms with Gasteiger partial charge in [-0.05, 0) is 54.8 Å². The van der Waals surface area contributed by atoms with E-state index in [0.29, 0.717) is 30.2 Å². The van der Waals surface area contributed by atoms with Gasteiger partial charge >= 0.3 is 0 Å². The topological polar surface area (TPSA) is 71.3 Å². The minimum atomic E-state index is -0.845. The highest BCUT2D eigenvalue weighted by Crippen LogP contribution is 2.18. The van der Waals surface area contributed by atoms with Crippen molar-refractivity contribution in [3.63, 3.8) is 0 Å². The Morgan fingerprint density at radius 2 is 1.81 bits per heavy atom. The molecular weight excluding hydrogens is 421 g/mol. The van der Waals surface area contributed by atoms with Gasteiger partial charge in [0.1, 0.15) is 5.82 Å². The van der Waals surface area contributed by atoms with E-state index in [1.165, 1.54) is 18.2 Å². The predicted molar refractivity (Wildman–Crippen MR) is 111 cm³/mol. The molecule has 3 aromatic rings. The number of hydrogen-bond donors (Lipinski definition) is 1. The zero-order valence-electron chi connectivity index (χ0n) is 17.4. The van der Waals surface area contributed by atoms with Gasteiger partial charge < -0.3 is 9.84 Å². The molecule has 6 nitrogen and oxygen atoms in total. The summed E-state index contributed by atoms with van der Waals surface area (Å²) >= 11 is 0. The number of nitrogens with one attached hydrogen (secondary N) is 1. The van der Waals surface area contributed by atoms with Gasteiger partial charge in [-0.25, -0.2) is 13.2 Å². The highest BCUT2D eigenvalue weighted by molar-refractivity contribution is 5.76. The quantitative estimate of drug-likeness (QED) is 0.599. The number of carbonyl (C=O) groups excluding carboxylic acids is 1. The van der Waals surface area contributed by atoms with Crippen LogP contribution >= 0.6 is 0 Å². The Morgan fingerprint density at radius 3 is 2.53 bits per heavy atom. The molecule has 2 aromatic carbocycles. The third kappa shape index (κ3) is 5.73. The van der Waals surface area contributed by atoms with Gasteiger partial charge in [0, 0.05) is 44.1 Å². The van der Waals surface area contributed by atoms with E-state index in [4.69, 9.17) is 4.52 Å². The fourth-order valence-electron chi connectivity index (χ4n) is 3.72. The van der Waals surface area contributed by atoms with E-state index >= 15 is 0 Å². The third-order valence-electron chi connectivity index (χ3n) is 5.48. The van der Waals surface area contributed by atoms with Crippen molar-refractivity contribution >= 4 is 5.91 Å². The fourth-order valence-corrected chi connectivity index (χ4v) is 3.72. The molecule has 0 unspecified atom stereocenters. The highest BCUT2D eigenvalue weighted by atomic mass is 19.2. The van der Waals surface area contributed by atoms with Gasteiger partial charge in [0.2, 0.25) is 17.6 Å². The molecule has 32 heavy (non-hydrogen) atoms. The zero-order valence-corrected chi connectivity index (χ0v) is 17.4. The lowest BCUT2D eigenvalue weighted by atomic mass is 10.0. The largest absolute Gasteiger partial charge is 0.353 e. The maximum absolute atomic E-state index is 13.4. The first kappa shape index (κ1) is 22.0. The molecule has 9 heteroatoms. The van der Waals surface area contributed by atoms with Crippen LogP contribution in [0.25, 0.3) is 11.4 Å². The van der Waals surface area contributed by atoms with Gasteiger partial charge in [0.05, 0.1) is 0 Å². The second-order valence-corrected chi connectivity index (χ2v) is 7.89. The lowest BCUT2D eigenvalue weighted by molar-refractivity contribution is -0.122. The summed E-state index contributed by atoms with van der Waals surface area (Å²) in [5.74, 6) is -1.41. The molecule has 168 valence electrons. The maximum Gasteiger partial charge on any atom is 0.227 e. The van der Waals surface area contributed by atoms with Crippen LogP contribution in [0.3, 0.4) is 0 Å². The Bertz CT molecular complexity index is 1060. The summed E-state index contributed by atoms with van der Waals surface area (Å²) in [6.07, 6.45) is 2.10. The molecule has 1 aliphatic rings. The van der Waals surface area contributed by atoms with Crippen LogP contribution in [-0.2, 0) is 17.8 Å². The molecule has 0 spiro atoms. The Hall–Kier alpha value is -3.20. The number of likely N-dealkylation sites (tertiary alicyclic amines) is 1. The van der Waals surface area contributed by atoms with Crippen LogP contribution in [0.2, 0.25) is 0 Å². The van der Waals surface area contributed by atoms with Crippen molar-refractivity contribution in [3.05, 3.63) is 71.4 Å². The van der Waals surface area contributed by atoms with Gasteiger partial charge in [-0.3, -0.25) is 9.69 Å². The number of hydrogen-bond acceptors (Lipinski definition) is 5. The smallest absolute Gasteiger partial charge is 0.227 e. The van der Waals surface area contributed by atoms with Gasteiger partial charge in [-0.15, -0.1) is 0 Å². The first-order chi connectivity index (χ1) is 15.5. The van der Waals surface area contributed by atoms with Crippen LogP contribution in [0.5, 0.6) is 0 Å². The second kappa shape index (κ2) is 9.95. The second-order valence-electron chi connectivity index (χ2n) is 7.89. The number of rotatable bonds is 7. The third-order valence-corrected chi connectivity index (χ3v) is 5.48. The normalized spacial score (nSPS) is 15.1. The lowest BCUT2D eigenvalue weighted by Crippen LogP contribution is -2.44. The lowest BCUT2D eigenvalue weighted by Gasteiger charge is -2.32. The maximum atomic E-state index is 13.4. The van der Waals surface area contributed by atoms with E-state index in [1.807, 2.05) is 0 Å². The van der Waals surface area contributed by atoms with Gasteiger partial charge in [0.25, 0.3) is 0 Å². The molecule has 1 saturated heterocycles. The minimum Gasteiger partial charge on any atom is -0.353 e. The number of benzene rings is 2. The molecule has 1 amide bonds. The molecular formula is C23H23F3N4O2. The number of piperidine rings is 1. The Labute approximate surface area is 183 Å². The summed E-state index contributed by atoms with van der Waals surface area (Å²) in [6.45, 7) is 2.06. The van der Waals surface area contributed by atoms with Crippen molar-refractivity contribution in [2.45, 2.75) is 38.3 Å². The number of halogens is 3. The highest BCUT2D eigenvalue weighted by Gasteiger charge is 2.21. The van der Waals surface area contributed by atoms with E-state index < -0.39 is 11.6 Å². The number of aryl methyl sites for hydroxylation is 1. The van der Waals surface area contributed by atoms with Crippen LogP contribution < -0.4 is 5.32 Å². The molecule has 4 rings (SSSR count). The first-order valence-electron chi connectivity index (χ1n) is 10.5. The standard InChI is InChI=1S/C23H23F3N4O2/c24-17-4-2-16(3-5-17)23-28-22(32-29-23)8-7-21(31)27-18-9-11-30(12-10-18)14-15-1-6-19(25)20(26)13-15/h1-6,13,18H,7-12,14H2,(H,27,31). The minimum absolute atomic E-state index is 0.0705. The Kier molecular flexibility index (Phi) is 6.84. The summed E-state index contributed by atoms with van der Waals surface area (Å²) in [4.78, 5) is 18.7. The first-order valence-corrected chi connectivity index (χ1v) is 10.5. The van der Waals surface area contributed by atoms with Crippen LogP contribution in [0.15, 0.2) is 47.0 Å².